The van der Waals surface area contributed by atoms with E-state index in [9.17, 15) is 18.3 Å². The molecule has 0 saturated heterocycles. The van der Waals surface area contributed by atoms with E-state index in [0.717, 1.165) is 17.7 Å². The molecule has 0 saturated carbocycles. The summed E-state index contributed by atoms with van der Waals surface area (Å²) in [6.07, 6.45) is -5.37. The van der Waals surface area contributed by atoms with Crippen LogP contribution in [0.15, 0.2) is 54.6 Å². The molecule has 0 aliphatic heterocycles. The van der Waals surface area contributed by atoms with Gasteiger partial charge in [-0.25, -0.2) is 4.98 Å². The summed E-state index contributed by atoms with van der Waals surface area (Å²) < 4.78 is 38.0. The molecule has 1 unspecified atom stereocenters. The largest absolute Gasteiger partial charge is 0.416 e. The summed E-state index contributed by atoms with van der Waals surface area (Å²) in [5.74, 6) is 5.67. The molecule has 6 heteroatoms. The highest BCUT2D eigenvalue weighted by Crippen LogP contribution is 2.34. The van der Waals surface area contributed by atoms with Crippen LogP contribution in [0.25, 0.3) is 10.6 Å². The topological polar surface area (TPSA) is 33.1 Å². The van der Waals surface area contributed by atoms with E-state index < -0.39 is 17.8 Å². The van der Waals surface area contributed by atoms with Crippen molar-refractivity contribution >= 4 is 11.3 Å². The van der Waals surface area contributed by atoms with E-state index >= 15 is 0 Å². The Balaban J connectivity index is 0.00000136. The average Bonchev–Trinajstić information content (AvgIpc) is 3.10. The number of halogens is 3. The number of nitrogens with zero attached hydrogens (tertiary/aromatic N) is 1. The van der Waals surface area contributed by atoms with Gasteiger partial charge in [-0.05, 0) is 31.2 Å². The minimum atomic E-state index is -4.37. The van der Waals surface area contributed by atoms with Crippen molar-refractivity contribution in [3.8, 4) is 22.4 Å². The van der Waals surface area contributed by atoms with Gasteiger partial charge in [0.15, 0.2) is 6.10 Å². The molecule has 0 aliphatic rings. The SMILES string of the molecule is CC.Cc1nc(-c2ccc(C(F)(F)F)cc2)sc1C(O)C#Cc1ccccc1. The van der Waals surface area contributed by atoms with Crippen LogP contribution in [0, 0.1) is 18.8 Å². The van der Waals surface area contributed by atoms with Gasteiger partial charge in [-0.2, -0.15) is 13.2 Å². The third-order valence-corrected chi connectivity index (χ3v) is 4.93. The molecule has 1 heterocycles. The number of rotatable bonds is 2. The van der Waals surface area contributed by atoms with Crippen molar-refractivity contribution in [2.24, 2.45) is 0 Å². The lowest BCUT2D eigenvalue weighted by atomic mass is 10.1. The van der Waals surface area contributed by atoms with Crippen molar-refractivity contribution in [1.82, 2.24) is 4.98 Å². The molecule has 0 spiro atoms. The first-order chi connectivity index (χ1) is 13.3. The van der Waals surface area contributed by atoms with Gasteiger partial charge in [-0.1, -0.05) is 56.0 Å². The van der Waals surface area contributed by atoms with Crippen molar-refractivity contribution in [2.45, 2.75) is 33.1 Å². The van der Waals surface area contributed by atoms with Gasteiger partial charge in [0.25, 0.3) is 0 Å². The number of thiazole rings is 1. The average molecular weight is 403 g/mol. The van der Waals surface area contributed by atoms with Crippen LogP contribution < -0.4 is 0 Å². The maximum atomic E-state index is 12.7. The Morgan fingerprint density at radius 1 is 1.00 bits per heavy atom. The van der Waals surface area contributed by atoms with E-state index in [2.05, 4.69) is 16.8 Å². The van der Waals surface area contributed by atoms with Gasteiger partial charge < -0.3 is 5.11 Å². The lowest BCUT2D eigenvalue weighted by Crippen LogP contribution is -2.03. The van der Waals surface area contributed by atoms with Crippen LogP contribution >= 0.6 is 11.3 Å². The summed E-state index contributed by atoms with van der Waals surface area (Å²) in [5.41, 5.74) is 1.26. The quantitative estimate of drug-likeness (QED) is 0.513. The smallest absolute Gasteiger partial charge is 0.375 e. The molecular formula is C22H20F3NOS. The fourth-order valence-electron chi connectivity index (χ4n) is 2.33. The van der Waals surface area contributed by atoms with E-state index in [4.69, 9.17) is 0 Å². The minimum Gasteiger partial charge on any atom is -0.375 e. The van der Waals surface area contributed by atoms with E-state index in [1.165, 1.54) is 23.5 Å². The maximum Gasteiger partial charge on any atom is 0.416 e. The highest BCUT2D eigenvalue weighted by Gasteiger charge is 2.30. The maximum absolute atomic E-state index is 12.7. The highest BCUT2D eigenvalue weighted by molar-refractivity contribution is 7.15. The summed E-state index contributed by atoms with van der Waals surface area (Å²) in [7, 11) is 0. The lowest BCUT2D eigenvalue weighted by molar-refractivity contribution is -0.137. The fraction of sp³-hybridized carbons (Fsp3) is 0.227. The summed E-state index contributed by atoms with van der Waals surface area (Å²) in [5, 5.41) is 10.9. The first-order valence-corrected chi connectivity index (χ1v) is 9.56. The van der Waals surface area contributed by atoms with Crippen LogP contribution in [0.2, 0.25) is 0 Å². The number of aryl methyl sites for hydroxylation is 1. The standard InChI is InChI=1S/C20H14F3NOS.C2H6/c1-13-18(17(25)12-7-14-5-3-2-4-6-14)26-19(24-13)15-8-10-16(11-9-15)20(21,22)23;1-2/h2-6,8-11,17,25H,1H3;1-2H3. The zero-order chi connectivity index (χ0) is 20.7. The van der Waals surface area contributed by atoms with Gasteiger partial charge in [0.1, 0.15) is 5.01 Å². The van der Waals surface area contributed by atoms with E-state index in [-0.39, 0.29) is 0 Å². The Morgan fingerprint density at radius 3 is 2.18 bits per heavy atom. The second-order valence-corrected chi connectivity index (χ2v) is 6.61. The zero-order valence-corrected chi connectivity index (χ0v) is 16.5. The third kappa shape index (κ3) is 5.44. The monoisotopic (exact) mass is 403 g/mol. The van der Waals surface area contributed by atoms with Gasteiger partial charge in [0, 0.05) is 11.1 Å². The Labute approximate surface area is 166 Å². The van der Waals surface area contributed by atoms with Crippen LogP contribution in [0.1, 0.15) is 41.6 Å². The molecule has 0 aliphatic carbocycles. The second-order valence-electron chi connectivity index (χ2n) is 5.58. The number of hydrogen-bond acceptors (Lipinski definition) is 3. The van der Waals surface area contributed by atoms with Gasteiger partial charge in [0.05, 0.1) is 16.1 Å². The molecule has 1 aromatic heterocycles. The molecule has 0 fully saturated rings. The molecule has 146 valence electrons. The van der Waals surface area contributed by atoms with E-state index in [1.54, 1.807) is 6.92 Å². The number of alkyl halides is 3. The third-order valence-electron chi connectivity index (χ3n) is 3.67. The fourth-order valence-corrected chi connectivity index (χ4v) is 3.33. The Kier molecular flexibility index (Phi) is 7.38. The molecule has 1 atom stereocenters. The molecule has 0 bridgehead atoms. The van der Waals surface area contributed by atoms with Gasteiger partial charge in [-0.3, -0.25) is 0 Å². The van der Waals surface area contributed by atoms with Crippen molar-refractivity contribution in [3.63, 3.8) is 0 Å². The molecule has 3 aromatic rings. The number of aromatic nitrogens is 1. The predicted molar refractivity (Wildman–Crippen MR) is 107 cm³/mol. The van der Waals surface area contributed by atoms with Crippen molar-refractivity contribution < 1.29 is 18.3 Å². The molecule has 3 rings (SSSR count). The normalized spacial score (nSPS) is 11.7. The summed E-state index contributed by atoms with van der Waals surface area (Å²) in [6.45, 7) is 5.74. The van der Waals surface area contributed by atoms with Gasteiger partial charge in [-0.15, -0.1) is 11.3 Å². The van der Waals surface area contributed by atoms with E-state index in [1.807, 2.05) is 44.2 Å². The first kappa shape index (κ1) is 21.7. The number of aliphatic hydroxyl groups is 1. The van der Waals surface area contributed by atoms with Gasteiger partial charge >= 0.3 is 6.18 Å². The minimum absolute atomic E-state index is 0.548. The summed E-state index contributed by atoms with van der Waals surface area (Å²) >= 11 is 1.22. The summed E-state index contributed by atoms with van der Waals surface area (Å²) in [6, 6.07) is 14.1. The summed E-state index contributed by atoms with van der Waals surface area (Å²) in [4.78, 5) is 4.94. The van der Waals surface area contributed by atoms with Crippen LogP contribution in [0.3, 0.4) is 0 Å². The number of aliphatic hydroxyl groups excluding tert-OH is 1. The van der Waals surface area contributed by atoms with Crippen molar-refractivity contribution in [2.75, 3.05) is 0 Å². The molecule has 2 aromatic carbocycles. The second kappa shape index (κ2) is 9.54. The van der Waals surface area contributed by atoms with E-state index in [0.29, 0.717) is 21.1 Å². The molecule has 28 heavy (non-hydrogen) atoms. The Bertz CT molecular complexity index is 951. The first-order valence-electron chi connectivity index (χ1n) is 8.74. The van der Waals surface area contributed by atoms with Crippen LogP contribution in [-0.2, 0) is 6.18 Å². The molecule has 0 amide bonds. The van der Waals surface area contributed by atoms with Crippen LogP contribution in [0.5, 0.6) is 0 Å². The van der Waals surface area contributed by atoms with Crippen molar-refractivity contribution in [1.29, 1.82) is 0 Å². The molecular weight excluding hydrogens is 383 g/mol. The van der Waals surface area contributed by atoms with Crippen LogP contribution in [-0.4, -0.2) is 10.1 Å². The predicted octanol–water partition coefficient (Wildman–Crippen LogP) is 6.25. The van der Waals surface area contributed by atoms with Gasteiger partial charge in [0.2, 0.25) is 0 Å². The lowest BCUT2D eigenvalue weighted by Gasteiger charge is -2.06. The zero-order valence-electron chi connectivity index (χ0n) is 15.7. The molecule has 1 N–H and O–H groups in total. The number of benzene rings is 2. The Morgan fingerprint density at radius 2 is 1.61 bits per heavy atom. The number of hydrogen-bond donors (Lipinski definition) is 1. The highest BCUT2D eigenvalue weighted by atomic mass is 32.1. The molecule has 0 radical (unpaired) electrons. The molecule has 2 nitrogen and oxygen atoms in total. The van der Waals surface area contributed by atoms with Crippen molar-refractivity contribution in [3.05, 3.63) is 76.3 Å². The Hall–Kier alpha value is -2.62. The van der Waals surface area contributed by atoms with Crippen LogP contribution in [0.4, 0.5) is 13.2 Å².